The first-order valence-electron chi connectivity index (χ1n) is 4.48. The lowest BCUT2D eigenvalue weighted by Crippen LogP contribution is -2.34. The number of hydrogen-bond donors (Lipinski definition) is 2. The first kappa shape index (κ1) is 10.1. The van der Waals surface area contributed by atoms with Crippen LogP contribution in [0.4, 0.5) is 0 Å². The van der Waals surface area contributed by atoms with Crippen molar-refractivity contribution >= 4 is 5.91 Å². The second kappa shape index (κ2) is 3.39. The number of nitrogens with one attached hydrogen (secondary N) is 1. The molecule has 72 valence electrons. The van der Waals surface area contributed by atoms with E-state index < -0.39 is 0 Å². The molecule has 0 spiro atoms. The van der Waals surface area contributed by atoms with E-state index in [1.807, 2.05) is 13.8 Å². The second-order valence-electron chi connectivity index (χ2n) is 4.28. The van der Waals surface area contributed by atoms with Crippen molar-refractivity contribution in [1.29, 1.82) is 0 Å². The minimum absolute atomic E-state index is 0.0129. The van der Waals surface area contributed by atoms with Crippen LogP contribution in [-0.4, -0.2) is 17.5 Å². The van der Waals surface area contributed by atoms with Crippen LogP contribution in [-0.2, 0) is 4.79 Å². The van der Waals surface area contributed by atoms with Gasteiger partial charge in [0.05, 0.1) is 6.04 Å². The van der Waals surface area contributed by atoms with E-state index in [-0.39, 0.29) is 23.4 Å². The van der Waals surface area contributed by atoms with Crippen LogP contribution in [0.15, 0.2) is 0 Å². The van der Waals surface area contributed by atoms with E-state index in [9.17, 15) is 4.79 Å². The predicted octanol–water partition coefficient (Wildman–Crippen LogP) is 0.252. The van der Waals surface area contributed by atoms with Crippen LogP contribution < -0.4 is 11.1 Å². The highest BCUT2D eigenvalue weighted by Crippen LogP contribution is 2.27. The molecule has 1 fully saturated rings. The molecule has 0 bridgehead atoms. The summed E-state index contributed by atoms with van der Waals surface area (Å²) >= 11 is 0. The summed E-state index contributed by atoms with van der Waals surface area (Å²) in [6.07, 6.45) is 6.57. The van der Waals surface area contributed by atoms with Crippen molar-refractivity contribution in [2.24, 2.45) is 11.7 Å². The Kier molecular flexibility index (Phi) is 2.63. The second-order valence-corrected chi connectivity index (χ2v) is 4.28. The average molecular weight is 180 g/mol. The van der Waals surface area contributed by atoms with Crippen LogP contribution in [0.5, 0.6) is 0 Å². The van der Waals surface area contributed by atoms with Gasteiger partial charge >= 0.3 is 0 Å². The van der Waals surface area contributed by atoms with Gasteiger partial charge in [-0.1, -0.05) is 5.92 Å². The molecule has 2 unspecified atom stereocenters. The fourth-order valence-electron chi connectivity index (χ4n) is 1.76. The number of hydrogen-bond acceptors (Lipinski definition) is 2. The Balaban J connectivity index is 2.55. The lowest BCUT2D eigenvalue weighted by Gasteiger charge is -2.16. The molecule has 1 heterocycles. The normalized spacial score (nSPS) is 27.8. The Morgan fingerprint density at radius 3 is 2.85 bits per heavy atom. The van der Waals surface area contributed by atoms with Gasteiger partial charge in [-0.25, -0.2) is 0 Å². The smallest absolute Gasteiger partial charge is 0.223 e. The Bertz CT molecular complexity index is 252. The number of terminal acetylenes is 1. The van der Waals surface area contributed by atoms with Gasteiger partial charge < -0.3 is 11.1 Å². The van der Waals surface area contributed by atoms with E-state index in [1.165, 1.54) is 0 Å². The topological polar surface area (TPSA) is 55.1 Å². The molecule has 1 rings (SSSR count). The molecule has 0 aromatic rings. The maximum atomic E-state index is 11.4. The van der Waals surface area contributed by atoms with Gasteiger partial charge in [-0.3, -0.25) is 4.79 Å². The van der Waals surface area contributed by atoms with E-state index in [1.54, 1.807) is 0 Å². The molecule has 0 radical (unpaired) electrons. The van der Waals surface area contributed by atoms with Crippen molar-refractivity contribution in [3.63, 3.8) is 0 Å². The van der Waals surface area contributed by atoms with Gasteiger partial charge in [-0.15, -0.1) is 6.42 Å². The summed E-state index contributed by atoms with van der Waals surface area (Å²) in [6, 6.07) is -0.301. The summed E-state index contributed by atoms with van der Waals surface area (Å²) in [4.78, 5) is 11.4. The standard InChI is InChI=1S/C10H16N2O/c1-4-8(11)5-7-6-10(2,3)12-9(7)13/h1,7-8H,5-6,11H2,2-3H3,(H,12,13). The van der Waals surface area contributed by atoms with Gasteiger partial charge in [0, 0.05) is 11.5 Å². The Labute approximate surface area is 79.1 Å². The van der Waals surface area contributed by atoms with E-state index in [4.69, 9.17) is 12.2 Å². The van der Waals surface area contributed by atoms with Gasteiger partial charge in [-0.2, -0.15) is 0 Å². The zero-order valence-corrected chi connectivity index (χ0v) is 8.13. The molecule has 0 saturated carbocycles. The minimum Gasteiger partial charge on any atom is -0.351 e. The lowest BCUT2D eigenvalue weighted by atomic mass is 9.92. The third-order valence-corrected chi connectivity index (χ3v) is 2.34. The molecule has 1 amide bonds. The Morgan fingerprint density at radius 1 is 1.85 bits per heavy atom. The van der Waals surface area contributed by atoms with E-state index in [0.717, 1.165) is 6.42 Å². The summed E-state index contributed by atoms with van der Waals surface area (Å²) in [7, 11) is 0. The average Bonchev–Trinajstić information content (AvgIpc) is 2.24. The fraction of sp³-hybridized carbons (Fsp3) is 0.700. The van der Waals surface area contributed by atoms with Crippen molar-refractivity contribution in [2.75, 3.05) is 0 Å². The van der Waals surface area contributed by atoms with Gasteiger partial charge in [0.2, 0.25) is 5.91 Å². The van der Waals surface area contributed by atoms with Crippen LogP contribution in [0.1, 0.15) is 26.7 Å². The monoisotopic (exact) mass is 180 g/mol. The van der Waals surface area contributed by atoms with Crippen LogP contribution in [0.3, 0.4) is 0 Å². The van der Waals surface area contributed by atoms with Gasteiger partial charge in [0.25, 0.3) is 0 Å². The fourth-order valence-corrected chi connectivity index (χ4v) is 1.76. The summed E-state index contributed by atoms with van der Waals surface area (Å²) in [5.74, 6) is 2.50. The van der Waals surface area contributed by atoms with Crippen LogP contribution in [0.25, 0.3) is 0 Å². The van der Waals surface area contributed by atoms with E-state index in [0.29, 0.717) is 6.42 Å². The molecule has 0 aromatic carbocycles. The first-order chi connectivity index (χ1) is 5.94. The number of carbonyl (C=O) groups excluding carboxylic acids is 1. The molecular weight excluding hydrogens is 164 g/mol. The SMILES string of the molecule is C#CC(N)CC1CC(C)(C)NC1=O. The molecule has 3 nitrogen and oxygen atoms in total. The first-order valence-corrected chi connectivity index (χ1v) is 4.48. The number of carbonyl (C=O) groups is 1. The van der Waals surface area contributed by atoms with Crippen molar-refractivity contribution in [2.45, 2.75) is 38.3 Å². The highest BCUT2D eigenvalue weighted by molar-refractivity contribution is 5.82. The maximum absolute atomic E-state index is 11.4. The summed E-state index contributed by atoms with van der Waals surface area (Å²) in [5, 5.41) is 2.91. The highest BCUT2D eigenvalue weighted by Gasteiger charge is 2.37. The molecule has 0 aliphatic carbocycles. The van der Waals surface area contributed by atoms with Crippen LogP contribution >= 0.6 is 0 Å². The largest absolute Gasteiger partial charge is 0.351 e. The molecule has 3 N–H and O–H groups in total. The van der Waals surface area contributed by atoms with E-state index >= 15 is 0 Å². The summed E-state index contributed by atoms with van der Waals surface area (Å²) in [6.45, 7) is 4.01. The number of nitrogens with two attached hydrogens (primary N) is 1. The molecular formula is C10H16N2O. The molecule has 13 heavy (non-hydrogen) atoms. The van der Waals surface area contributed by atoms with Crippen LogP contribution in [0, 0.1) is 18.3 Å². The molecule has 1 saturated heterocycles. The lowest BCUT2D eigenvalue weighted by molar-refractivity contribution is -0.123. The Hall–Kier alpha value is -1.01. The van der Waals surface area contributed by atoms with Crippen molar-refractivity contribution in [3.8, 4) is 12.3 Å². The van der Waals surface area contributed by atoms with Gasteiger partial charge in [-0.05, 0) is 26.7 Å². The quantitative estimate of drug-likeness (QED) is 0.599. The Morgan fingerprint density at radius 2 is 2.46 bits per heavy atom. The summed E-state index contributed by atoms with van der Waals surface area (Å²) in [5.41, 5.74) is 5.49. The maximum Gasteiger partial charge on any atom is 0.223 e. The highest BCUT2D eigenvalue weighted by atomic mass is 16.2. The third kappa shape index (κ3) is 2.46. The van der Waals surface area contributed by atoms with Crippen molar-refractivity contribution < 1.29 is 4.79 Å². The van der Waals surface area contributed by atoms with Gasteiger partial charge in [0.15, 0.2) is 0 Å². The molecule has 3 heteroatoms. The van der Waals surface area contributed by atoms with Crippen molar-refractivity contribution in [3.05, 3.63) is 0 Å². The predicted molar refractivity (Wildman–Crippen MR) is 51.8 cm³/mol. The van der Waals surface area contributed by atoms with Gasteiger partial charge in [0.1, 0.15) is 0 Å². The molecule has 1 aliphatic heterocycles. The zero-order chi connectivity index (χ0) is 10.1. The third-order valence-electron chi connectivity index (χ3n) is 2.34. The minimum atomic E-state index is -0.301. The van der Waals surface area contributed by atoms with Crippen LogP contribution in [0.2, 0.25) is 0 Å². The summed E-state index contributed by atoms with van der Waals surface area (Å²) < 4.78 is 0. The number of rotatable bonds is 2. The molecule has 1 aliphatic rings. The molecule has 0 aromatic heterocycles. The molecule has 2 atom stereocenters. The zero-order valence-electron chi connectivity index (χ0n) is 8.13. The van der Waals surface area contributed by atoms with E-state index in [2.05, 4.69) is 11.2 Å². The number of amides is 1. The van der Waals surface area contributed by atoms with Crippen molar-refractivity contribution in [1.82, 2.24) is 5.32 Å².